The van der Waals surface area contributed by atoms with Gasteiger partial charge in [-0.2, -0.15) is 5.10 Å². The van der Waals surface area contributed by atoms with Gasteiger partial charge in [-0.1, -0.05) is 29.8 Å². The van der Waals surface area contributed by atoms with Gasteiger partial charge in [0.2, 0.25) is 0 Å². The predicted octanol–water partition coefficient (Wildman–Crippen LogP) is 3.66. The Kier molecular flexibility index (Phi) is 4.26. The zero-order valence-corrected chi connectivity index (χ0v) is 11.5. The average Bonchev–Trinajstić information content (AvgIpc) is 2.64. The Hall–Kier alpha value is -1.48. The number of nitrogens with zero attached hydrogens (tertiary/aromatic N) is 2. The van der Waals surface area contributed by atoms with E-state index in [0.717, 1.165) is 41.6 Å². The molecule has 0 aliphatic carbocycles. The molecule has 1 aromatic carbocycles. The van der Waals surface area contributed by atoms with E-state index in [-0.39, 0.29) is 0 Å². The van der Waals surface area contributed by atoms with Crippen LogP contribution in [0.3, 0.4) is 0 Å². The lowest BCUT2D eigenvalue weighted by atomic mass is 10.3. The fourth-order valence-corrected chi connectivity index (χ4v) is 2.05. The van der Waals surface area contributed by atoms with E-state index >= 15 is 0 Å². The number of anilines is 1. The third-order valence-electron chi connectivity index (χ3n) is 2.94. The van der Waals surface area contributed by atoms with Gasteiger partial charge in [0.05, 0.1) is 16.4 Å². The van der Waals surface area contributed by atoms with Crippen LogP contribution in [0.2, 0.25) is 5.02 Å². The van der Waals surface area contributed by atoms with Crippen molar-refractivity contribution < 1.29 is 0 Å². The van der Waals surface area contributed by atoms with Gasteiger partial charge in [0.25, 0.3) is 0 Å². The van der Waals surface area contributed by atoms with Crippen LogP contribution in [-0.4, -0.2) is 16.3 Å². The van der Waals surface area contributed by atoms with E-state index in [1.807, 2.05) is 36.7 Å². The molecule has 2 aromatic rings. The van der Waals surface area contributed by atoms with E-state index in [1.54, 1.807) is 0 Å². The molecule has 2 rings (SSSR count). The quantitative estimate of drug-likeness (QED) is 0.835. The minimum absolute atomic E-state index is 0.783. The van der Waals surface area contributed by atoms with Gasteiger partial charge in [0, 0.05) is 18.8 Å². The van der Waals surface area contributed by atoms with Crippen molar-refractivity contribution in [3.05, 3.63) is 46.7 Å². The van der Waals surface area contributed by atoms with Gasteiger partial charge < -0.3 is 5.32 Å². The number of aryl methyl sites for hydroxylation is 2. The summed E-state index contributed by atoms with van der Waals surface area (Å²) in [6.45, 7) is 5.76. The highest BCUT2D eigenvalue weighted by atomic mass is 35.5. The van der Waals surface area contributed by atoms with Crippen LogP contribution in [0.4, 0.5) is 5.69 Å². The first-order valence-corrected chi connectivity index (χ1v) is 6.54. The molecular weight excluding hydrogens is 246 g/mol. The van der Waals surface area contributed by atoms with Crippen molar-refractivity contribution in [2.24, 2.45) is 0 Å². The molecule has 0 unspecified atom stereocenters. The maximum absolute atomic E-state index is 6.11. The molecule has 0 bridgehead atoms. The smallest absolute Gasteiger partial charge is 0.0844 e. The standard InChI is InChI=1S/C14H18ClN3/c1-11-14(15)12(2)18(17-11)10-6-9-16-13-7-4-3-5-8-13/h3-5,7-8,16H,6,9-10H2,1-2H3. The summed E-state index contributed by atoms with van der Waals surface area (Å²) in [6, 6.07) is 10.2. The van der Waals surface area contributed by atoms with Crippen molar-refractivity contribution in [3.63, 3.8) is 0 Å². The maximum Gasteiger partial charge on any atom is 0.0844 e. The summed E-state index contributed by atoms with van der Waals surface area (Å²) in [5.41, 5.74) is 3.11. The molecule has 1 heterocycles. The van der Waals surface area contributed by atoms with E-state index in [0.29, 0.717) is 0 Å². The second-order valence-corrected chi connectivity index (χ2v) is 4.73. The Bertz CT molecular complexity index is 505. The number of benzene rings is 1. The molecule has 1 N–H and O–H groups in total. The zero-order chi connectivity index (χ0) is 13.0. The fourth-order valence-electron chi connectivity index (χ4n) is 1.91. The van der Waals surface area contributed by atoms with Gasteiger partial charge in [-0.05, 0) is 32.4 Å². The normalized spacial score (nSPS) is 10.6. The lowest BCUT2D eigenvalue weighted by molar-refractivity contribution is 0.574. The van der Waals surface area contributed by atoms with Crippen LogP contribution >= 0.6 is 11.6 Å². The lowest BCUT2D eigenvalue weighted by Crippen LogP contribution is -2.08. The summed E-state index contributed by atoms with van der Waals surface area (Å²) in [5.74, 6) is 0. The van der Waals surface area contributed by atoms with Crippen LogP contribution < -0.4 is 5.32 Å². The summed E-state index contributed by atoms with van der Waals surface area (Å²) in [7, 11) is 0. The molecule has 0 saturated carbocycles. The number of rotatable bonds is 5. The highest BCUT2D eigenvalue weighted by Gasteiger charge is 2.07. The van der Waals surface area contributed by atoms with Gasteiger partial charge in [0.15, 0.2) is 0 Å². The number of nitrogens with one attached hydrogen (secondary N) is 1. The Morgan fingerprint density at radius 1 is 1.22 bits per heavy atom. The maximum atomic E-state index is 6.11. The van der Waals surface area contributed by atoms with Gasteiger partial charge >= 0.3 is 0 Å². The molecule has 0 fully saturated rings. The fraction of sp³-hybridized carbons (Fsp3) is 0.357. The second kappa shape index (κ2) is 5.91. The van der Waals surface area contributed by atoms with E-state index in [1.165, 1.54) is 0 Å². The number of hydrogen-bond donors (Lipinski definition) is 1. The summed E-state index contributed by atoms with van der Waals surface area (Å²) >= 11 is 6.11. The van der Waals surface area contributed by atoms with E-state index in [4.69, 9.17) is 11.6 Å². The SMILES string of the molecule is Cc1nn(CCCNc2ccccc2)c(C)c1Cl. The molecule has 0 amide bonds. The highest BCUT2D eigenvalue weighted by molar-refractivity contribution is 6.31. The molecule has 0 aliphatic rings. The Morgan fingerprint density at radius 3 is 2.56 bits per heavy atom. The molecule has 96 valence electrons. The summed E-state index contributed by atoms with van der Waals surface area (Å²) in [5, 5.41) is 8.58. The molecule has 0 atom stereocenters. The monoisotopic (exact) mass is 263 g/mol. The summed E-state index contributed by atoms with van der Waals surface area (Å²) in [6.07, 6.45) is 1.02. The second-order valence-electron chi connectivity index (χ2n) is 4.35. The first-order chi connectivity index (χ1) is 8.68. The summed E-state index contributed by atoms with van der Waals surface area (Å²) < 4.78 is 1.98. The Labute approximate surface area is 113 Å². The van der Waals surface area contributed by atoms with Crippen molar-refractivity contribution in [1.29, 1.82) is 0 Å². The Balaban J connectivity index is 1.80. The predicted molar refractivity (Wildman–Crippen MR) is 76.3 cm³/mol. The molecule has 18 heavy (non-hydrogen) atoms. The molecule has 0 spiro atoms. The van der Waals surface area contributed by atoms with Crippen LogP contribution in [0.15, 0.2) is 30.3 Å². The summed E-state index contributed by atoms with van der Waals surface area (Å²) in [4.78, 5) is 0. The Morgan fingerprint density at radius 2 is 1.94 bits per heavy atom. The van der Waals surface area contributed by atoms with Gasteiger partial charge in [-0.15, -0.1) is 0 Å². The van der Waals surface area contributed by atoms with Gasteiger partial charge in [0.1, 0.15) is 0 Å². The van der Waals surface area contributed by atoms with Gasteiger partial charge in [-0.25, -0.2) is 0 Å². The molecular formula is C14H18ClN3. The topological polar surface area (TPSA) is 29.9 Å². The third-order valence-corrected chi connectivity index (χ3v) is 3.49. The number of hydrogen-bond acceptors (Lipinski definition) is 2. The average molecular weight is 264 g/mol. The minimum atomic E-state index is 0.783. The number of aromatic nitrogens is 2. The van der Waals surface area contributed by atoms with Crippen molar-refractivity contribution in [2.45, 2.75) is 26.8 Å². The molecule has 4 heteroatoms. The van der Waals surface area contributed by atoms with Crippen molar-refractivity contribution in [1.82, 2.24) is 9.78 Å². The molecule has 0 saturated heterocycles. The molecule has 0 aliphatic heterocycles. The van der Waals surface area contributed by atoms with E-state index < -0.39 is 0 Å². The van der Waals surface area contributed by atoms with Crippen LogP contribution in [0, 0.1) is 13.8 Å². The number of halogens is 1. The lowest BCUT2D eigenvalue weighted by Gasteiger charge is -2.07. The molecule has 0 radical (unpaired) electrons. The van der Waals surface area contributed by atoms with Crippen molar-refractivity contribution >= 4 is 17.3 Å². The first-order valence-electron chi connectivity index (χ1n) is 6.17. The van der Waals surface area contributed by atoms with E-state index in [9.17, 15) is 0 Å². The highest BCUT2D eigenvalue weighted by Crippen LogP contribution is 2.18. The molecule has 1 aromatic heterocycles. The largest absolute Gasteiger partial charge is 0.385 e. The van der Waals surface area contributed by atoms with Crippen LogP contribution in [-0.2, 0) is 6.54 Å². The molecule has 3 nitrogen and oxygen atoms in total. The van der Waals surface area contributed by atoms with Crippen LogP contribution in [0.25, 0.3) is 0 Å². The van der Waals surface area contributed by atoms with Crippen LogP contribution in [0.5, 0.6) is 0 Å². The van der Waals surface area contributed by atoms with E-state index in [2.05, 4.69) is 22.5 Å². The van der Waals surface area contributed by atoms with Gasteiger partial charge in [-0.3, -0.25) is 4.68 Å². The minimum Gasteiger partial charge on any atom is -0.385 e. The van der Waals surface area contributed by atoms with Crippen LogP contribution in [0.1, 0.15) is 17.8 Å². The number of para-hydroxylation sites is 1. The third kappa shape index (κ3) is 3.05. The van der Waals surface area contributed by atoms with Crippen molar-refractivity contribution in [2.75, 3.05) is 11.9 Å². The zero-order valence-electron chi connectivity index (χ0n) is 10.8. The van der Waals surface area contributed by atoms with Crippen molar-refractivity contribution in [3.8, 4) is 0 Å². The first kappa shape index (κ1) is 13.0.